The van der Waals surface area contributed by atoms with Gasteiger partial charge in [0.05, 0.1) is 25.1 Å². The Morgan fingerprint density at radius 2 is 1.69 bits per heavy atom. The van der Waals surface area contributed by atoms with Crippen molar-refractivity contribution >= 4 is 28.4 Å². The van der Waals surface area contributed by atoms with Gasteiger partial charge in [-0.15, -0.1) is 0 Å². The number of methoxy groups -OCH3 is 2. The number of carbonyl (C=O) groups excluding carboxylic acids is 2. The van der Waals surface area contributed by atoms with E-state index in [2.05, 4.69) is 0 Å². The molecule has 1 aromatic carbocycles. The van der Waals surface area contributed by atoms with Crippen LogP contribution in [0.4, 0.5) is 0 Å². The molecular formula is C22H17NO6. The summed E-state index contributed by atoms with van der Waals surface area (Å²) in [6, 6.07) is 11.7. The van der Waals surface area contributed by atoms with Crippen molar-refractivity contribution in [3.63, 3.8) is 0 Å². The molecule has 0 spiro atoms. The molecule has 146 valence electrons. The first-order valence-corrected chi connectivity index (χ1v) is 8.80. The molecule has 0 radical (unpaired) electrons. The van der Waals surface area contributed by atoms with Gasteiger partial charge in [-0.3, -0.25) is 4.79 Å². The first kappa shape index (κ1) is 18.5. The number of ether oxygens (including phenoxy) is 2. The Balaban J connectivity index is 2.15. The second-order valence-electron chi connectivity index (χ2n) is 6.51. The van der Waals surface area contributed by atoms with Gasteiger partial charge in [0.15, 0.2) is 11.2 Å². The fourth-order valence-electron chi connectivity index (χ4n) is 3.45. The molecule has 4 aromatic rings. The van der Waals surface area contributed by atoms with Crippen molar-refractivity contribution in [2.24, 2.45) is 0 Å². The van der Waals surface area contributed by atoms with Crippen molar-refractivity contribution in [1.29, 1.82) is 0 Å². The van der Waals surface area contributed by atoms with E-state index in [0.29, 0.717) is 16.5 Å². The zero-order valence-electron chi connectivity index (χ0n) is 16.0. The van der Waals surface area contributed by atoms with E-state index in [0.717, 1.165) is 5.56 Å². The van der Waals surface area contributed by atoms with Crippen LogP contribution < -0.4 is 5.43 Å². The number of fused-ring (bicyclic) bond motifs is 2. The van der Waals surface area contributed by atoms with Crippen LogP contribution >= 0.6 is 0 Å². The van der Waals surface area contributed by atoms with Gasteiger partial charge < -0.3 is 18.3 Å². The molecule has 0 amide bonds. The number of nitrogens with zero attached hydrogens (tertiary/aromatic N) is 1. The summed E-state index contributed by atoms with van der Waals surface area (Å²) in [5.74, 6) is -1.29. The van der Waals surface area contributed by atoms with Gasteiger partial charge in [0.2, 0.25) is 0 Å². The highest BCUT2D eigenvalue weighted by atomic mass is 16.5. The first-order chi connectivity index (χ1) is 14.0. The number of pyridine rings is 1. The average Bonchev–Trinajstić information content (AvgIpc) is 3.08. The third-order valence-corrected chi connectivity index (χ3v) is 4.74. The Morgan fingerprint density at radius 1 is 0.966 bits per heavy atom. The Kier molecular flexibility index (Phi) is 4.43. The molecule has 3 aromatic heterocycles. The highest BCUT2D eigenvalue weighted by molar-refractivity contribution is 6.12. The van der Waals surface area contributed by atoms with E-state index < -0.39 is 11.9 Å². The lowest BCUT2D eigenvalue weighted by Crippen LogP contribution is -2.11. The van der Waals surface area contributed by atoms with Crippen molar-refractivity contribution in [3.8, 4) is 11.5 Å². The van der Waals surface area contributed by atoms with E-state index in [4.69, 9.17) is 13.9 Å². The SMILES string of the molecule is COC(=O)c1c(C(=O)OC)c2ccccn2c1-c1cc(=O)c2cc(C)ccc2o1. The first-order valence-electron chi connectivity index (χ1n) is 8.80. The minimum atomic E-state index is -0.740. The largest absolute Gasteiger partial charge is 0.465 e. The predicted molar refractivity (Wildman–Crippen MR) is 106 cm³/mol. The minimum absolute atomic E-state index is 0.0276. The van der Waals surface area contributed by atoms with E-state index in [9.17, 15) is 14.4 Å². The van der Waals surface area contributed by atoms with Crippen molar-refractivity contribution in [2.45, 2.75) is 6.92 Å². The summed E-state index contributed by atoms with van der Waals surface area (Å²) in [5.41, 5.74) is 1.73. The van der Waals surface area contributed by atoms with Crippen LogP contribution in [0.5, 0.6) is 0 Å². The number of aryl methyl sites for hydroxylation is 1. The molecule has 0 N–H and O–H groups in total. The van der Waals surface area contributed by atoms with Gasteiger partial charge in [-0.1, -0.05) is 17.7 Å². The minimum Gasteiger partial charge on any atom is -0.465 e. The molecule has 0 aliphatic heterocycles. The van der Waals surface area contributed by atoms with Gasteiger partial charge in [-0.25, -0.2) is 9.59 Å². The standard InChI is InChI=1S/C22H17NO6/c1-12-7-8-16-13(10-12)15(24)11-17(29-16)20-19(22(26)28-3)18(21(25)27-2)14-6-4-5-9-23(14)20/h4-11H,1-3H3. The summed E-state index contributed by atoms with van der Waals surface area (Å²) in [5, 5.41) is 0.433. The number of hydrogen-bond acceptors (Lipinski definition) is 6. The lowest BCUT2D eigenvalue weighted by Gasteiger charge is -2.07. The number of rotatable bonds is 3. The monoisotopic (exact) mass is 391 g/mol. The molecule has 0 bridgehead atoms. The van der Waals surface area contributed by atoms with Gasteiger partial charge in [-0.2, -0.15) is 0 Å². The van der Waals surface area contributed by atoms with Crippen LogP contribution in [0.1, 0.15) is 26.3 Å². The normalized spacial score (nSPS) is 11.0. The summed E-state index contributed by atoms with van der Waals surface area (Å²) in [6.45, 7) is 1.88. The maximum absolute atomic E-state index is 12.7. The van der Waals surface area contributed by atoms with Crippen LogP contribution in [0, 0.1) is 6.92 Å². The third-order valence-electron chi connectivity index (χ3n) is 4.74. The highest BCUT2D eigenvalue weighted by Crippen LogP contribution is 2.34. The van der Waals surface area contributed by atoms with E-state index in [1.807, 2.05) is 13.0 Å². The molecule has 0 fully saturated rings. The van der Waals surface area contributed by atoms with E-state index in [-0.39, 0.29) is 28.0 Å². The molecule has 0 aliphatic carbocycles. The molecule has 29 heavy (non-hydrogen) atoms. The summed E-state index contributed by atoms with van der Waals surface area (Å²) in [7, 11) is 2.45. The fourth-order valence-corrected chi connectivity index (χ4v) is 3.45. The quantitative estimate of drug-likeness (QED) is 0.496. The van der Waals surface area contributed by atoms with Crippen molar-refractivity contribution in [2.75, 3.05) is 14.2 Å². The average molecular weight is 391 g/mol. The van der Waals surface area contributed by atoms with Gasteiger partial charge in [0.25, 0.3) is 0 Å². The Hall–Kier alpha value is -3.87. The van der Waals surface area contributed by atoms with Crippen LogP contribution in [-0.2, 0) is 9.47 Å². The van der Waals surface area contributed by atoms with Gasteiger partial charge in [0, 0.05) is 12.3 Å². The zero-order chi connectivity index (χ0) is 20.7. The fraction of sp³-hybridized carbons (Fsp3) is 0.136. The predicted octanol–water partition coefficient (Wildman–Crippen LogP) is 3.59. The molecule has 0 atom stereocenters. The Bertz CT molecular complexity index is 1340. The number of hydrogen-bond donors (Lipinski definition) is 0. The molecule has 0 saturated heterocycles. The molecule has 0 unspecified atom stereocenters. The van der Waals surface area contributed by atoms with Crippen LogP contribution in [0.2, 0.25) is 0 Å². The summed E-state index contributed by atoms with van der Waals surface area (Å²) >= 11 is 0. The third kappa shape index (κ3) is 2.87. The van der Waals surface area contributed by atoms with Crippen LogP contribution in [0.3, 0.4) is 0 Å². The number of carbonyl (C=O) groups is 2. The Morgan fingerprint density at radius 3 is 2.41 bits per heavy atom. The van der Waals surface area contributed by atoms with Gasteiger partial charge in [0.1, 0.15) is 22.4 Å². The number of aromatic nitrogens is 1. The van der Waals surface area contributed by atoms with Gasteiger partial charge in [-0.05, 0) is 31.2 Å². The summed E-state index contributed by atoms with van der Waals surface area (Å²) < 4.78 is 17.4. The van der Waals surface area contributed by atoms with E-state index >= 15 is 0 Å². The second kappa shape index (κ2) is 6.94. The van der Waals surface area contributed by atoms with Gasteiger partial charge >= 0.3 is 11.9 Å². The van der Waals surface area contributed by atoms with Crippen molar-refractivity contribution in [3.05, 3.63) is 75.6 Å². The maximum Gasteiger partial charge on any atom is 0.341 e. The van der Waals surface area contributed by atoms with Crippen molar-refractivity contribution in [1.82, 2.24) is 4.40 Å². The topological polar surface area (TPSA) is 87.2 Å². The molecular weight excluding hydrogens is 374 g/mol. The zero-order valence-corrected chi connectivity index (χ0v) is 16.0. The lowest BCUT2D eigenvalue weighted by molar-refractivity contribution is 0.0558. The molecule has 0 saturated carbocycles. The lowest BCUT2D eigenvalue weighted by atomic mass is 10.1. The molecule has 7 heteroatoms. The van der Waals surface area contributed by atoms with E-state index in [1.165, 1.54) is 20.3 Å². The van der Waals surface area contributed by atoms with Crippen LogP contribution in [-0.4, -0.2) is 30.6 Å². The van der Waals surface area contributed by atoms with E-state index in [1.54, 1.807) is 40.9 Å². The highest BCUT2D eigenvalue weighted by Gasteiger charge is 2.31. The Labute approximate surface area is 165 Å². The number of benzene rings is 1. The molecule has 4 rings (SSSR count). The second-order valence-corrected chi connectivity index (χ2v) is 6.51. The molecule has 3 heterocycles. The maximum atomic E-state index is 12.7. The van der Waals surface area contributed by atoms with Crippen LogP contribution in [0.15, 0.2) is 57.9 Å². The smallest absolute Gasteiger partial charge is 0.341 e. The van der Waals surface area contributed by atoms with Crippen LogP contribution in [0.25, 0.3) is 27.9 Å². The van der Waals surface area contributed by atoms with Crippen molar-refractivity contribution < 1.29 is 23.5 Å². The number of esters is 2. The summed E-state index contributed by atoms with van der Waals surface area (Å²) in [6.07, 6.45) is 1.67. The molecule has 7 nitrogen and oxygen atoms in total. The molecule has 0 aliphatic rings. The summed E-state index contributed by atoms with van der Waals surface area (Å²) in [4.78, 5) is 37.9.